The molecule has 0 radical (unpaired) electrons. The summed E-state index contributed by atoms with van der Waals surface area (Å²) < 4.78 is 9.77. The van der Waals surface area contributed by atoms with E-state index in [1.807, 2.05) is 13.8 Å². The van der Waals surface area contributed by atoms with E-state index in [0.29, 0.717) is 6.61 Å². The number of hydrogen-bond acceptors (Lipinski definition) is 6. The van der Waals surface area contributed by atoms with Gasteiger partial charge in [0.25, 0.3) is 0 Å². The van der Waals surface area contributed by atoms with Crippen molar-refractivity contribution >= 4 is 17.7 Å². The maximum atomic E-state index is 10.8. The summed E-state index contributed by atoms with van der Waals surface area (Å²) >= 11 is 0. The fraction of sp³-hybridized carbons (Fsp3) is 0.538. The van der Waals surface area contributed by atoms with Gasteiger partial charge in [-0.3, -0.25) is 9.59 Å². The van der Waals surface area contributed by atoms with E-state index < -0.39 is 11.9 Å². The number of nitrogens with zero attached hydrogens (tertiary/aromatic N) is 1. The Hall–Kier alpha value is -2.20. The summed E-state index contributed by atoms with van der Waals surface area (Å²) in [6.07, 6.45) is -0.252. The van der Waals surface area contributed by atoms with Gasteiger partial charge in [0.05, 0.1) is 12.7 Å². The Morgan fingerprint density at radius 1 is 1.30 bits per heavy atom. The maximum absolute atomic E-state index is 10.8. The first-order valence-corrected chi connectivity index (χ1v) is 5.79. The number of ether oxygens (including phenoxy) is 2. The number of rotatable bonds is 7. The normalized spacial score (nSPS) is 8.95. The van der Waals surface area contributed by atoms with Gasteiger partial charge in [0.1, 0.15) is 30.5 Å². The number of esters is 1. The van der Waals surface area contributed by atoms with Gasteiger partial charge in [-0.1, -0.05) is 6.58 Å². The fourth-order valence-electron chi connectivity index (χ4n) is 0.764. The summed E-state index contributed by atoms with van der Waals surface area (Å²) in [7, 11) is 0. The van der Waals surface area contributed by atoms with Gasteiger partial charge in [-0.25, -0.2) is 4.79 Å². The molecule has 0 aromatic rings. The maximum Gasteiger partial charge on any atom is 0.348 e. The molecular weight excluding hydrogens is 266 g/mol. The van der Waals surface area contributed by atoms with Gasteiger partial charge in [-0.2, -0.15) is 5.26 Å². The molecule has 0 aliphatic carbocycles. The predicted octanol–water partition coefficient (Wildman–Crippen LogP) is 1.08. The van der Waals surface area contributed by atoms with Crippen LogP contribution in [0.3, 0.4) is 0 Å². The number of Topliss-reactive ketones (excluding diaryl/α,β-unsaturated/α-hetero) is 1. The molecule has 0 aliphatic rings. The van der Waals surface area contributed by atoms with Crippen LogP contribution in [0, 0.1) is 11.3 Å². The van der Waals surface area contributed by atoms with Crippen LogP contribution >= 0.6 is 0 Å². The highest BCUT2D eigenvalue weighted by molar-refractivity contribution is 5.93. The Kier molecular flexibility index (Phi) is 11.9. The molecule has 0 unspecified atom stereocenters. The minimum Gasteiger partial charge on any atom is -0.481 e. The first kappa shape index (κ1) is 20.1. The Bertz CT molecular complexity index is 382. The summed E-state index contributed by atoms with van der Waals surface area (Å²) in [5.74, 6) is -2.06. The second-order valence-corrected chi connectivity index (χ2v) is 3.92. The first-order valence-electron chi connectivity index (χ1n) is 5.79. The molecule has 0 heterocycles. The third-order valence-corrected chi connectivity index (χ3v) is 1.55. The highest BCUT2D eigenvalue weighted by Gasteiger charge is 2.06. The molecule has 0 rings (SSSR count). The molecule has 0 saturated carbocycles. The van der Waals surface area contributed by atoms with Gasteiger partial charge in [0.2, 0.25) is 0 Å². The molecule has 0 atom stereocenters. The quantitative estimate of drug-likeness (QED) is 0.245. The van der Waals surface area contributed by atoms with Gasteiger partial charge >= 0.3 is 11.9 Å². The van der Waals surface area contributed by atoms with E-state index in [4.69, 9.17) is 15.1 Å². The number of carbonyl (C=O) groups excluding carboxylic acids is 2. The first-order chi connectivity index (χ1) is 9.20. The van der Waals surface area contributed by atoms with Crippen LogP contribution in [0.2, 0.25) is 0 Å². The molecule has 20 heavy (non-hydrogen) atoms. The molecule has 0 aliphatic heterocycles. The number of nitriles is 1. The predicted molar refractivity (Wildman–Crippen MR) is 69.7 cm³/mol. The lowest BCUT2D eigenvalue weighted by molar-refractivity contribution is -0.141. The third kappa shape index (κ3) is 15.8. The van der Waals surface area contributed by atoms with Crippen molar-refractivity contribution in [3.05, 3.63) is 12.2 Å². The molecule has 0 amide bonds. The van der Waals surface area contributed by atoms with E-state index in [0.717, 1.165) is 0 Å². The average molecular weight is 285 g/mol. The van der Waals surface area contributed by atoms with Crippen molar-refractivity contribution in [2.24, 2.45) is 0 Å². The molecule has 0 saturated heterocycles. The van der Waals surface area contributed by atoms with E-state index in [9.17, 15) is 14.4 Å². The van der Waals surface area contributed by atoms with Crippen LogP contribution in [0.5, 0.6) is 0 Å². The Morgan fingerprint density at radius 2 is 1.85 bits per heavy atom. The number of carboxylic acids is 1. The lowest BCUT2D eigenvalue weighted by atomic mass is 10.3. The number of carbonyl (C=O) groups is 3. The zero-order chi connectivity index (χ0) is 16.1. The minimum absolute atomic E-state index is 0.109. The molecule has 1 N–H and O–H groups in total. The molecular formula is C13H19NO6. The van der Waals surface area contributed by atoms with Crippen molar-refractivity contribution in [2.45, 2.75) is 33.3 Å². The highest BCUT2D eigenvalue weighted by Crippen LogP contribution is 1.93. The number of hydrogen-bond donors (Lipinski definition) is 1. The van der Waals surface area contributed by atoms with Crippen molar-refractivity contribution in [1.29, 1.82) is 5.26 Å². The van der Waals surface area contributed by atoms with Crippen molar-refractivity contribution in [1.82, 2.24) is 0 Å². The summed E-state index contributed by atoms with van der Waals surface area (Å²) in [6, 6.07) is 1.60. The van der Waals surface area contributed by atoms with E-state index in [2.05, 4.69) is 11.3 Å². The summed E-state index contributed by atoms with van der Waals surface area (Å²) in [4.78, 5) is 30.3. The number of carboxylic acid groups (broad SMARTS) is 1. The number of ketones is 1. The van der Waals surface area contributed by atoms with Crippen LogP contribution < -0.4 is 0 Å². The van der Waals surface area contributed by atoms with Crippen molar-refractivity contribution < 1.29 is 29.0 Å². The molecule has 7 heteroatoms. The van der Waals surface area contributed by atoms with Crippen LogP contribution in [0.25, 0.3) is 0 Å². The molecule has 0 aromatic carbocycles. The molecule has 0 aromatic heterocycles. The lowest BCUT2D eigenvalue weighted by Gasteiger charge is -2.07. The van der Waals surface area contributed by atoms with Gasteiger partial charge in [0.15, 0.2) is 0 Å². The highest BCUT2D eigenvalue weighted by atomic mass is 16.6. The summed E-state index contributed by atoms with van der Waals surface area (Å²) in [5.41, 5.74) is -0.190. The van der Waals surface area contributed by atoms with Gasteiger partial charge < -0.3 is 14.6 Å². The topological polar surface area (TPSA) is 114 Å². The Morgan fingerprint density at radius 3 is 2.15 bits per heavy atom. The monoisotopic (exact) mass is 285 g/mol. The van der Waals surface area contributed by atoms with Gasteiger partial charge in [-0.05, 0) is 20.8 Å². The average Bonchev–Trinajstić information content (AvgIpc) is 2.32. The van der Waals surface area contributed by atoms with Crippen LogP contribution in [-0.2, 0) is 23.9 Å². The SMILES string of the molecule is C=C(C#N)C(=O)OCCOC(C)C.CC(=O)CC(=O)O. The zero-order valence-corrected chi connectivity index (χ0v) is 11.8. The van der Waals surface area contributed by atoms with Crippen LogP contribution in [-0.4, -0.2) is 42.1 Å². The molecule has 0 bridgehead atoms. The Labute approximate surface area is 117 Å². The second-order valence-electron chi connectivity index (χ2n) is 3.92. The number of aliphatic carboxylic acids is 1. The van der Waals surface area contributed by atoms with Crippen LogP contribution in [0.4, 0.5) is 0 Å². The van der Waals surface area contributed by atoms with Crippen molar-refractivity contribution in [3.8, 4) is 6.07 Å². The van der Waals surface area contributed by atoms with E-state index in [1.165, 1.54) is 6.92 Å². The lowest BCUT2D eigenvalue weighted by Crippen LogP contribution is -2.13. The zero-order valence-electron chi connectivity index (χ0n) is 11.8. The van der Waals surface area contributed by atoms with E-state index >= 15 is 0 Å². The van der Waals surface area contributed by atoms with Crippen LogP contribution in [0.1, 0.15) is 27.2 Å². The smallest absolute Gasteiger partial charge is 0.348 e. The standard InChI is InChI=1S/C9H13NO3.C4H6O3/c1-7(2)12-4-5-13-9(11)8(3)6-10;1-3(5)2-4(6)7/h7H,3-5H2,1-2H3;2H2,1H3,(H,6,7). The summed E-state index contributed by atoms with van der Waals surface area (Å²) in [5, 5.41) is 16.1. The molecule has 7 nitrogen and oxygen atoms in total. The van der Waals surface area contributed by atoms with E-state index in [1.54, 1.807) is 6.07 Å². The minimum atomic E-state index is -1.06. The van der Waals surface area contributed by atoms with Gasteiger partial charge in [-0.15, -0.1) is 0 Å². The third-order valence-electron chi connectivity index (χ3n) is 1.55. The largest absolute Gasteiger partial charge is 0.481 e. The summed E-state index contributed by atoms with van der Waals surface area (Å²) in [6.45, 7) is 8.71. The Balaban J connectivity index is 0. The van der Waals surface area contributed by atoms with E-state index in [-0.39, 0.29) is 30.5 Å². The molecule has 0 fully saturated rings. The molecule has 112 valence electrons. The van der Waals surface area contributed by atoms with Crippen molar-refractivity contribution in [2.75, 3.05) is 13.2 Å². The van der Waals surface area contributed by atoms with Crippen molar-refractivity contribution in [3.63, 3.8) is 0 Å². The van der Waals surface area contributed by atoms with Gasteiger partial charge in [0, 0.05) is 0 Å². The van der Waals surface area contributed by atoms with Crippen LogP contribution in [0.15, 0.2) is 12.2 Å². The second kappa shape index (κ2) is 11.9. The fourth-order valence-corrected chi connectivity index (χ4v) is 0.764. The molecule has 0 spiro atoms.